The molecule has 1 N–H and O–H groups in total. The van der Waals surface area contributed by atoms with Crippen molar-refractivity contribution in [2.45, 2.75) is 32.1 Å². The Morgan fingerprint density at radius 2 is 1.85 bits per heavy atom. The normalized spacial score (nSPS) is 15.3. The van der Waals surface area contributed by atoms with E-state index in [1.54, 1.807) is 0 Å². The summed E-state index contributed by atoms with van der Waals surface area (Å²) < 4.78 is 0. The Bertz CT molecular complexity index is 243. The predicted octanol–water partition coefficient (Wildman–Crippen LogP) is 2.74. The van der Waals surface area contributed by atoms with Gasteiger partial charge in [-0.1, -0.05) is 44.2 Å². The Labute approximate surface area is 80.4 Å². The highest BCUT2D eigenvalue weighted by atomic mass is 16.3. The van der Waals surface area contributed by atoms with E-state index in [1.165, 1.54) is 5.56 Å². The third kappa shape index (κ3) is 2.31. The summed E-state index contributed by atoms with van der Waals surface area (Å²) in [4.78, 5) is 0. The maximum absolute atomic E-state index is 8.99. The van der Waals surface area contributed by atoms with Crippen LogP contribution in [0.5, 0.6) is 0 Å². The van der Waals surface area contributed by atoms with Crippen molar-refractivity contribution < 1.29 is 5.11 Å². The molecule has 1 atom stereocenters. The molecular formula is C12H18O. The van der Waals surface area contributed by atoms with Crippen molar-refractivity contribution in [3.05, 3.63) is 35.9 Å². The van der Waals surface area contributed by atoms with E-state index in [0.29, 0.717) is 0 Å². The van der Waals surface area contributed by atoms with Crippen LogP contribution in [0, 0.1) is 0 Å². The highest BCUT2D eigenvalue weighted by Gasteiger charge is 2.22. The van der Waals surface area contributed by atoms with Crippen molar-refractivity contribution >= 4 is 0 Å². The minimum atomic E-state index is 0.135. The molecule has 0 fully saturated rings. The second kappa shape index (κ2) is 4.43. The molecule has 0 saturated carbocycles. The Morgan fingerprint density at radius 3 is 2.31 bits per heavy atom. The van der Waals surface area contributed by atoms with Crippen LogP contribution in [0.4, 0.5) is 0 Å². The first-order valence-electron chi connectivity index (χ1n) is 4.89. The van der Waals surface area contributed by atoms with Crippen LogP contribution in [0.2, 0.25) is 0 Å². The minimum absolute atomic E-state index is 0.135. The first-order chi connectivity index (χ1) is 6.23. The van der Waals surface area contributed by atoms with Gasteiger partial charge >= 0.3 is 0 Å². The first kappa shape index (κ1) is 10.3. The molecule has 1 unspecified atom stereocenters. The summed E-state index contributed by atoms with van der Waals surface area (Å²) in [5.41, 5.74) is 1.46. The quantitative estimate of drug-likeness (QED) is 0.751. The molecular weight excluding hydrogens is 160 g/mol. The number of benzene rings is 1. The molecule has 0 saturated heterocycles. The average Bonchev–Trinajstić information content (AvgIpc) is 2.19. The van der Waals surface area contributed by atoms with E-state index in [1.807, 2.05) is 6.07 Å². The molecule has 72 valence electrons. The molecule has 0 aliphatic heterocycles. The minimum Gasteiger partial charge on any atom is -0.396 e. The van der Waals surface area contributed by atoms with Crippen LogP contribution in [-0.4, -0.2) is 11.7 Å². The van der Waals surface area contributed by atoms with Gasteiger partial charge in [-0.3, -0.25) is 0 Å². The molecule has 1 aromatic rings. The van der Waals surface area contributed by atoms with Crippen molar-refractivity contribution in [2.75, 3.05) is 6.61 Å². The van der Waals surface area contributed by atoms with Gasteiger partial charge in [0.25, 0.3) is 0 Å². The smallest absolute Gasteiger partial charge is 0.0439 e. The fourth-order valence-corrected chi connectivity index (χ4v) is 1.61. The molecule has 0 bridgehead atoms. The van der Waals surface area contributed by atoms with Gasteiger partial charge in [0.1, 0.15) is 0 Å². The fraction of sp³-hybridized carbons (Fsp3) is 0.500. The first-order valence-corrected chi connectivity index (χ1v) is 4.89. The van der Waals surface area contributed by atoms with Crippen molar-refractivity contribution in [3.63, 3.8) is 0 Å². The molecule has 1 heteroatoms. The SMILES string of the molecule is CCC(C)(CCO)c1ccccc1. The monoisotopic (exact) mass is 178 g/mol. The zero-order valence-corrected chi connectivity index (χ0v) is 8.46. The zero-order valence-electron chi connectivity index (χ0n) is 8.46. The average molecular weight is 178 g/mol. The van der Waals surface area contributed by atoms with Crippen LogP contribution in [-0.2, 0) is 5.41 Å². The molecule has 1 aromatic carbocycles. The van der Waals surface area contributed by atoms with Crippen LogP contribution in [0.25, 0.3) is 0 Å². The van der Waals surface area contributed by atoms with Crippen LogP contribution in [0.1, 0.15) is 32.3 Å². The molecule has 0 aliphatic carbocycles. The summed E-state index contributed by atoms with van der Waals surface area (Å²) in [6.45, 7) is 4.64. The molecule has 0 spiro atoms. The summed E-state index contributed by atoms with van der Waals surface area (Å²) in [5.74, 6) is 0. The van der Waals surface area contributed by atoms with Crippen molar-refractivity contribution in [1.29, 1.82) is 0 Å². The molecule has 0 radical (unpaired) electrons. The van der Waals surface area contributed by atoms with Gasteiger partial charge in [-0.15, -0.1) is 0 Å². The lowest BCUT2D eigenvalue weighted by atomic mass is 9.77. The largest absolute Gasteiger partial charge is 0.396 e. The maximum atomic E-state index is 8.99. The number of hydrogen-bond acceptors (Lipinski definition) is 1. The molecule has 0 aromatic heterocycles. The van der Waals surface area contributed by atoms with Gasteiger partial charge in [0.05, 0.1) is 0 Å². The van der Waals surface area contributed by atoms with E-state index < -0.39 is 0 Å². The Kier molecular flexibility index (Phi) is 3.49. The topological polar surface area (TPSA) is 20.2 Å². The number of aliphatic hydroxyl groups excluding tert-OH is 1. The number of rotatable bonds is 4. The van der Waals surface area contributed by atoms with E-state index in [9.17, 15) is 0 Å². The van der Waals surface area contributed by atoms with Gasteiger partial charge in [-0.05, 0) is 23.8 Å². The Morgan fingerprint density at radius 1 is 1.23 bits per heavy atom. The molecule has 0 amide bonds. The lowest BCUT2D eigenvalue weighted by Gasteiger charge is -2.28. The molecule has 13 heavy (non-hydrogen) atoms. The summed E-state index contributed by atoms with van der Waals surface area (Å²) in [7, 11) is 0. The van der Waals surface area contributed by atoms with Gasteiger partial charge in [0, 0.05) is 6.61 Å². The van der Waals surface area contributed by atoms with Crippen LogP contribution in [0.15, 0.2) is 30.3 Å². The van der Waals surface area contributed by atoms with E-state index in [0.717, 1.165) is 12.8 Å². The standard InChI is InChI=1S/C12H18O/c1-3-12(2,9-10-13)11-7-5-4-6-8-11/h4-8,13H,3,9-10H2,1-2H3. The van der Waals surface area contributed by atoms with Crippen molar-refractivity contribution in [2.24, 2.45) is 0 Å². The summed E-state index contributed by atoms with van der Waals surface area (Å²) in [6.07, 6.45) is 1.91. The fourth-order valence-electron chi connectivity index (χ4n) is 1.61. The summed E-state index contributed by atoms with van der Waals surface area (Å²) in [6, 6.07) is 10.4. The van der Waals surface area contributed by atoms with Crippen LogP contribution in [0.3, 0.4) is 0 Å². The molecule has 1 nitrogen and oxygen atoms in total. The molecule has 1 rings (SSSR count). The van der Waals surface area contributed by atoms with Gasteiger partial charge in [-0.25, -0.2) is 0 Å². The van der Waals surface area contributed by atoms with E-state index in [4.69, 9.17) is 5.11 Å². The van der Waals surface area contributed by atoms with Gasteiger partial charge in [0.15, 0.2) is 0 Å². The Hall–Kier alpha value is -0.820. The molecule has 0 heterocycles. The van der Waals surface area contributed by atoms with E-state index in [-0.39, 0.29) is 12.0 Å². The third-order valence-electron chi connectivity index (χ3n) is 2.91. The highest BCUT2D eigenvalue weighted by molar-refractivity contribution is 5.24. The van der Waals surface area contributed by atoms with Gasteiger partial charge in [0.2, 0.25) is 0 Å². The Balaban J connectivity index is 2.89. The van der Waals surface area contributed by atoms with Gasteiger partial charge in [-0.2, -0.15) is 0 Å². The maximum Gasteiger partial charge on any atom is 0.0439 e. The number of aliphatic hydroxyl groups is 1. The van der Waals surface area contributed by atoms with E-state index >= 15 is 0 Å². The molecule has 0 aliphatic rings. The van der Waals surface area contributed by atoms with Crippen molar-refractivity contribution in [1.82, 2.24) is 0 Å². The summed E-state index contributed by atoms with van der Waals surface area (Å²) in [5, 5.41) is 8.99. The second-order valence-corrected chi connectivity index (χ2v) is 3.75. The third-order valence-corrected chi connectivity index (χ3v) is 2.91. The van der Waals surface area contributed by atoms with E-state index in [2.05, 4.69) is 38.1 Å². The second-order valence-electron chi connectivity index (χ2n) is 3.75. The zero-order chi connectivity index (χ0) is 9.73. The highest BCUT2D eigenvalue weighted by Crippen LogP contribution is 2.30. The predicted molar refractivity (Wildman–Crippen MR) is 55.8 cm³/mol. The lowest BCUT2D eigenvalue weighted by molar-refractivity contribution is 0.241. The number of hydrogen-bond donors (Lipinski definition) is 1. The van der Waals surface area contributed by atoms with Crippen LogP contribution < -0.4 is 0 Å². The summed E-state index contributed by atoms with van der Waals surface area (Å²) >= 11 is 0. The van der Waals surface area contributed by atoms with Crippen molar-refractivity contribution in [3.8, 4) is 0 Å². The lowest BCUT2D eigenvalue weighted by Crippen LogP contribution is -2.22. The van der Waals surface area contributed by atoms with Gasteiger partial charge < -0.3 is 5.11 Å². The van der Waals surface area contributed by atoms with Crippen LogP contribution >= 0.6 is 0 Å².